The van der Waals surface area contributed by atoms with Crippen LogP contribution in [0, 0.1) is 24.0 Å². The van der Waals surface area contributed by atoms with Gasteiger partial charge in [-0.25, -0.2) is 0 Å². The van der Waals surface area contributed by atoms with Crippen molar-refractivity contribution in [2.45, 2.75) is 38.2 Å². The maximum Gasteiger partial charge on any atom is 0.279 e. The van der Waals surface area contributed by atoms with Crippen molar-refractivity contribution < 1.29 is 9.66 Å². The smallest absolute Gasteiger partial charge is 0.279 e. The van der Waals surface area contributed by atoms with E-state index in [9.17, 15) is 10.1 Å². The number of halogens is 1. The molecule has 7 heteroatoms. The molecule has 0 amide bonds. The first-order valence-corrected chi connectivity index (χ1v) is 10.6. The van der Waals surface area contributed by atoms with Crippen molar-refractivity contribution >= 4 is 28.3 Å². The van der Waals surface area contributed by atoms with Crippen LogP contribution in [0.1, 0.15) is 34.9 Å². The Hall–Kier alpha value is -2.42. The van der Waals surface area contributed by atoms with Gasteiger partial charge in [0.15, 0.2) is 0 Å². The molecule has 1 N–H and O–H groups in total. The molecular weight excluding hydrogens is 469 g/mol. The van der Waals surface area contributed by atoms with Crippen molar-refractivity contribution in [3.05, 3.63) is 74.5 Å². The standard InChI is InChI=1S/C21H22IN3O3/c1-4-15-6-5-7-17(21(15)25(26)27)12-28-19-9-8-16(10-13(19)2)20-14(3)18(11-22)23-24-20/h5-10H,4,11-12H2,1-3H3,(H,23,24). The van der Waals surface area contributed by atoms with Crippen LogP contribution in [0.15, 0.2) is 36.4 Å². The van der Waals surface area contributed by atoms with Gasteiger partial charge >= 0.3 is 0 Å². The molecule has 3 rings (SSSR count). The van der Waals surface area contributed by atoms with E-state index in [1.165, 1.54) is 0 Å². The number of nitro groups is 1. The summed E-state index contributed by atoms with van der Waals surface area (Å²) >= 11 is 2.31. The number of aromatic nitrogens is 2. The normalized spacial score (nSPS) is 10.9. The third-order valence-electron chi connectivity index (χ3n) is 4.84. The minimum Gasteiger partial charge on any atom is -0.488 e. The molecule has 0 unspecified atom stereocenters. The Labute approximate surface area is 177 Å². The Morgan fingerprint density at radius 2 is 1.96 bits per heavy atom. The second kappa shape index (κ2) is 8.72. The number of nitrogens with one attached hydrogen (secondary N) is 1. The van der Waals surface area contributed by atoms with Crippen molar-refractivity contribution in [2.24, 2.45) is 0 Å². The zero-order chi connectivity index (χ0) is 20.3. The lowest BCUT2D eigenvalue weighted by Gasteiger charge is -2.12. The molecule has 146 valence electrons. The molecule has 0 fully saturated rings. The molecule has 3 aromatic rings. The summed E-state index contributed by atoms with van der Waals surface area (Å²) < 4.78 is 6.81. The molecule has 0 aliphatic carbocycles. The van der Waals surface area contributed by atoms with Gasteiger partial charge in [-0.15, -0.1) is 0 Å². The quantitative estimate of drug-likeness (QED) is 0.200. The number of aryl methyl sites for hydroxylation is 2. The van der Waals surface area contributed by atoms with Crippen LogP contribution in [-0.4, -0.2) is 15.1 Å². The summed E-state index contributed by atoms with van der Waals surface area (Å²) in [6.07, 6.45) is 0.611. The van der Waals surface area contributed by atoms with E-state index in [1.54, 1.807) is 12.1 Å². The van der Waals surface area contributed by atoms with Crippen molar-refractivity contribution in [3.8, 4) is 17.0 Å². The van der Waals surface area contributed by atoms with E-state index >= 15 is 0 Å². The highest BCUT2D eigenvalue weighted by Gasteiger charge is 2.19. The topological polar surface area (TPSA) is 81.0 Å². The number of para-hydroxylation sites is 1. The fraction of sp³-hybridized carbons (Fsp3) is 0.286. The lowest BCUT2D eigenvalue weighted by atomic mass is 10.0. The van der Waals surface area contributed by atoms with Crippen molar-refractivity contribution in [1.82, 2.24) is 10.2 Å². The molecule has 0 radical (unpaired) electrons. The van der Waals surface area contributed by atoms with Gasteiger partial charge in [-0.2, -0.15) is 5.10 Å². The van der Waals surface area contributed by atoms with E-state index in [4.69, 9.17) is 4.74 Å². The predicted octanol–water partition coefficient (Wildman–Crippen LogP) is 5.68. The molecule has 0 aliphatic heterocycles. The Morgan fingerprint density at radius 3 is 2.57 bits per heavy atom. The molecule has 6 nitrogen and oxygen atoms in total. The predicted molar refractivity (Wildman–Crippen MR) is 118 cm³/mol. The van der Waals surface area contributed by atoms with Gasteiger partial charge in [0, 0.05) is 21.2 Å². The third-order valence-corrected chi connectivity index (χ3v) is 5.61. The Balaban J connectivity index is 1.83. The molecule has 28 heavy (non-hydrogen) atoms. The van der Waals surface area contributed by atoms with E-state index < -0.39 is 0 Å². The van der Waals surface area contributed by atoms with Gasteiger partial charge in [0.25, 0.3) is 5.69 Å². The first kappa shape index (κ1) is 20.3. The molecule has 1 aromatic heterocycles. The summed E-state index contributed by atoms with van der Waals surface area (Å²) in [5.74, 6) is 0.710. The van der Waals surface area contributed by atoms with Crippen molar-refractivity contribution in [2.75, 3.05) is 0 Å². The highest BCUT2D eigenvalue weighted by atomic mass is 127. The van der Waals surface area contributed by atoms with E-state index in [1.807, 2.05) is 38.1 Å². The number of H-pyrrole nitrogens is 1. The molecule has 2 aromatic carbocycles. The number of rotatable bonds is 7. The summed E-state index contributed by atoms with van der Waals surface area (Å²) in [5, 5.41) is 19.0. The summed E-state index contributed by atoms with van der Waals surface area (Å²) in [7, 11) is 0. The van der Waals surface area contributed by atoms with Gasteiger partial charge in [-0.1, -0.05) is 41.6 Å². The minimum atomic E-state index is -0.321. The Kier molecular flexibility index (Phi) is 6.33. The molecular formula is C21H22IN3O3. The largest absolute Gasteiger partial charge is 0.488 e. The number of hydrogen-bond donors (Lipinski definition) is 1. The van der Waals surface area contributed by atoms with Gasteiger partial charge in [0.1, 0.15) is 12.4 Å². The van der Waals surface area contributed by atoms with Gasteiger partial charge in [0.05, 0.1) is 16.2 Å². The number of benzene rings is 2. The van der Waals surface area contributed by atoms with Crippen LogP contribution >= 0.6 is 22.6 Å². The van der Waals surface area contributed by atoms with Crippen molar-refractivity contribution in [1.29, 1.82) is 0 Å². The van der Waals surface area contributed by atoms with Crippen LogP contribution in [0.2, 0.25) is 0 Å². The number of hydrogen-bond acceptors (Lipinski definition) is 4. The Morgan fingerprint density at radius 1 is 1.21 bits per heavy atom. The van der Waals surface area contributed by atoms with Gasteiger partial charge in [-0.3, -0.25) is 15.2 Å². The first-order chi connectivity index (χ1) is 13.5. The Bertz CT molecular complexity index is 1010. The molecule has 0 bridgehead atoms. The highest BCUT2D eigenvalue weighted by molar-refractivity contribution is 14.1. The summed E-state index contributed by atoms with van der Waals surface area (Å²) in [5.41, 5.74) is 6.65. The first-order valence-electron chi connectivity index (χ1n) is 9.05. The average Bonchev–Trinajstić information content (AvgIpc) is 3.06. The zero-order valence-electron chi connectivity index (χ0n) is 16.1. The lowest BCUT2D eigenvalue weighted by molar-refractivity contribution is -0.386. The SMILES string of the molecule is CCc1cccc(COc2ccc(-c3n[nH]c(CI)c3C)cc2C)c1[N+](=O)[O-]. The lowest BCUT2D eigenvalue weighted by Crippen LogP contribution is -2.04. The molecule has 0 aliphatic rings. The van der Waals surface area contributed by atoms with Crippen molar-refractivity contribution in [3.63, 3.8) is 0 Å². The maximum atomic E-state index is 11.5. The summed E-state index contributed by atoms with van der Waals surface area (Å²) in [6, 6.07) is 11.3. The average molecular weight is 491 g/mol. The molecule has 1 heterocycles. The van der Waals surface area contributed by atoms with Crippen LogP contribution in [0.3, 0.4) is 0 Å². The highest BCUT2D eigenvalue weighted by Crippen LogP contribution is 2.30. The third kappa shape index (κ3) is 4.04. The second-order valence-corrected chi connectivity index (χ2v) is 7.38. The number of nitro benzene ring substituents is 1. The van der Waals surface area contributed by atoms with Crippen LogP contribution in [-0.2, 0) is 17.5 Å². The van der Waals surface area contributed by atoms with E-state index in [0.29, 0.717) is 17.7 Å². The fourth-order valence-corrected chi connectivity index (χ4v) is 3.98. The monoisotopic (exact) mass is 491 g/mol. The fourth-order valence-electron chi connectivity index (χ4n) is 3.24. The number of aromatic amines is 1. The van der Waals surface area contributed by atoms with E-state index in [0.717, 1.165) is 38.1 Å². The van der Waals surface area contributed by atoms with Gasteiger partial charge < -0.3 is 4.74 Å². The second-order valence-electron chi connectivity index (χ2n) is 6.61. The molecule has 0 saturated heterocycles. The van der Waals surface area contributed by atoms with Crippen LogP contribution in [0.25, 0.3) is 11.3 Å². The van der Waals surface area contributed by atoms with Crippen LogP contribution in [0.5, 0.6) is 5.75 Å². The summed E-state index contributed by atoms with van der Waals surface area (Å²) in [6.45, 7) is 6.10. The minimum absolute atomic E-state index is 0.151. The molecule has 0 spiro atoms. The van der Waals surface area contributed by atoms with E-state index in [2.05, 4.69) is 39.7 Å². The van der Waals surface area contributed by atoms with E-state index in [-0.39, 0.29) is 17.2 Å². The maximum absolute atomic E-state index is 11.5. The number of nitrogens with zero attached hydrogens (tertiary/aromatic N) is 2. The van der Waals surface area contributed by atoms with Gasteiger partial charge in [-0.05, 0) is 55.7 Å². The molecule has 0 atom stereocenters. The molecule has 0 saturated carbocycles. The van der Waals surface area contributed by atoms with Crippen LogP contribution < -0.4 is 4.74 Å². The van der Waals surface area contributed by atoms with Crippen LogP contribution in [0.4, 0.5) is 5.69 Å². The summed E-state index contributed by atoms with van der Waals surface area (Å²) in [4.78, 5) is 11.2. The zero-order valence-corrected chi connectivity index (χ0v) is 18.2. The van der Waals surface area contributed by atoms with Gasteiger partial charge in [0.2, 0.25) is 0 Å². The number of ether oxygens (including phenoxy) is 1. The number of alkyl halides is 1.